The molecule has 0 saturated carbocycles. The average molecular weight is 171 g/mol. The van der Waals surface area contributed by atoms with E-state index in [4.69, 9.17) is 4.74 Å². The maximum atomic E-state index is 5.37. The van der Waals surface area contributed by atoms with Crippen molar-refractivity contribution < 1.29 is 4.74 Å². The Hall–Kier alpha value is -0.0800. The number of rotatable bonds is 3. The first-order chi connectivity index (χ1) is 5.68. The maximum Gasteiger partial charge on any atom is 0.0483 e. The van der Waals surface area contributed by atoms with Crippen LogP contribution in [-0.2, 0) is 4.74 Å². The third-order valence-corrected chi connectivity index (χ3v) is 2.78. The zero-order valence-electron chi connectivity index (χ0n) is 8.52. The summed E-state index contributed by atoms with van der Waals surface area (Å²) in [6, 6.07) is 0. The van der Waals surface area contributed by atoms with Crippen LogP contribution in [0.5, 0.6) is 0 Å². The van der Waals surface area contributed by atoms with E-state index in [9.17, 15) is 0 Å². The zero-order valence-corrected chi connectivity index (χ0v) is 8.52. The molecule has 0 radical (unpaired) electrons. The van der Waals surface area contributed by atoms with Crippen molar-refractivity contribution in [3.05, 3.63) is 0 Å². The van der Waals surface area contributed by atoms with E-state index in [1.165, 1.54) is 19.3 Å². The molecule has 0 aromatic heterocycles. The van der Waals surface area contributed by atoms with E-state index in [1.54, 1.807) is 0 Å². The van der Waals surface area contributed by atoms with Crippen LogP contribution in [0.25, 0.3) is 0 Å². The third kappa shape index (κ3) is 2.46. The van der Waals surface area contributed by atoms with Gasteiger partial charge in [0.2, 0.25) is 0 Å². The molecule has 1 rings (SSSR count). The Bertz CT molecular complexity index is 128. The molecule has 1 N–H and O–H groups in total. The molecule has 0 aromatic carbocycles. The van der Waals surface area contributed by atoms with Gasteiger partial charge in [0.15, 0.2) is 0 Å². The van der Waals surface area contributed by atoms with Gasteiger partial charge < -0.3 is 10.1 Å². The van der Waals surface area contributed by atoms with Crippen molar-refractivity contribution in [3.63, 3.8) is 0 Å². The van der Waals surface area contributed by atoms with Gasteiger partial charge in [0, 0.05) is 18.8 Å². The van der Waals surface area contributed by atoms with Crippen molar-refractivity contribution in [1.82, 2.24) is 5.32 Å². The van der Waals surface area contributed by atoms with E-state index in [0.717, 1.165) is 19.1 Å². The van der Waals surface area contributed by atoms with Gasteiger partial charge in [-0.05, 0) is 32.2 Å². The fourth-order valence-electron chi connectivity index (χ4n) is 2.10. The van der Waals surface area contributed by atoms with Crippen LogP contribution >= 0.6 is 0 Å². The largest absolute Gasteiger partial charge is 0.381 e. The molecule has 2 heteroatoms. The van der Waals surface area contributed by atoms with Crippen LogP contribution in [0.15, 0.2) is 0 Å². The van der Waals surface area contributed by atoms with E-state index in [2.05, 4.69) is 26.2 Å². The first-order valence-corrected chi connectivity index (χ1v) is 4.95. The highest BCUT2D eigenvalue weighted by molar-refractivity contribution is 4.89. The van der Waals surface area contributed by atoms with E-state index in [1.807, 2.05) is 0 Å². The molecule has 1 heterocycles. The minimum Gasteiger partial charge on any atom is -0.381 e. The van der Waals surface area contributed by atoms with Gasteiger partial charge in [0.05, 0.1) is 0 Å². The summed E-state index contributed by atoms with van der Waals surface area (Å²) in [6.07, 6.45) is 3.61. The summed E-state index contributed by atoms with van der Waals surface area (Å²) < 4.78 is 5.37. The predicted octanol–water partition coefficient (Wildman–Crippen LogP) is 1.80. The van der Waals surface area contributed by atoms with Crippen molar-refractivity contribution in [2.45, 2.75) is 38.6 Å². The Labute approximate surface area is 75.7 Å². The van der Waals surface area contributed by atoms with Crippen molar-refractivity contribution in [3.8, 4) is 0 Å². The van der Waals surface area contributed by atoms with Gasteiger partial charge >= 0.3 is 0 Å². The van der Waals surface area contributed by atoms with Crippen LogP contribution in [0.2, 0.25) is 0 Å². The van der Waals surface area contributed by atoms with E-state index >= 15 is 0 Å². The van der Waals surface area contributed by atoms with Crippen molar-refractivity contribution in [1.29, 1.82) is 0 Å². The minimum absolute atomic E-state index is 0.367. The lowest BCUT2D eigenvalue weighted by Crippen LogP contribution is -2.48. The molecular formula is C10H21NO. The Morgan fingerprint density at radius 3 is 2.33 bits per heavy atom. The first kappa shape index (κ1) is 10.0. The van der Waals surface area contributed by atoms with Crippen molar-refractivity contribution in [2.24, 2.45) is 5.92 Å². The topological polar surface area (TPSA) is 21.3 Å². The second-order valence-electron chi connectivity index (χ2n) is 4.24. The smallest absolute Gasteiger partial charge is 0.0483 e. The van der Waals surface area contributed by atoms with Gasteiger partial charge in [-0.3, -0.25) is 0 Å². The van der Waals surface area contributed by atoms with E-state index in [0.29, 0.717) is 5.54 Å². The highest BCUT2D eigenvalue weighted by Gasteiger charge is 2.30. The van der Waals surface area contributed by atoms with Gasteiger partial charge in [0.25, 0.3) is 0 Å². The lowest BCUT2D eigenvalue weighted by atomic mass is 9.82. The molecule has 0 aromatic rings. The van der Waals surface area contributed by atoms with E-state index in [-0.39, 0.29) is 0 Å². The number of hydrogen-bond donors (Lipinski definition) is 1. The maximum absolute atomic E-state index is 5.37. The molecule has 1 saturated heterocycles. The van der Waals surface area contributed by atoms with Crippen molar-refractivity contribution in [2.75, 3.05) is 20.3 Å². The van der Waals surface area contributed by atoms with Gasteiger partial charge in [-0.25, -0.2) is 0 Å². The molecule has 0 atom stereocenters. The van der Waals surface area contributed by atoms with Gasteiger partial charge in [-0.2, -0.15) is 0 Å². The normalized spacial score (nSPS) is 23.0. The van der Waals surface area contributed by atoms with Crippen LogP contribution in [0.4, 0.5) is 0 Å². The molecule has 0 spiro atoms. The summed E-state index contributed by atoms with van der Waals surface area (Å²) >= 11 is 0. The second-order valence-corrected chi connectivity index (χ2v) is 4.24. The molecule has 1 aliphatic heterocycles. The molecule has 12 heavy (non-hydrogen) atoms. The fraction of sp³-hybridized carbons (Fsp3) is 1.00. The quantitative estimate of drug-likeness (QED) is 0.699. The lowest BCUT2D eigenvalue weighted by Gasteiger charge is -2.38. The summed E-state index contributed by atoms with van der Waals surface area (Å²) in [6.45, 7) is 6.42. The van der Waals surface area contributed by atoms with Crippen LogP contribution < -0.4 is 5.32 Å². The van der Waals surface area contributed by atoms with Gasteiger partial charge in [0.1, 0.15) is 0 Å². The van der Waals surface area contributed by atoms with Crippen LogP contribution in [0, 0.1) is 5.92 Å². The molecule has 0 amide bonds. The first-order valence-electron chi connectivity index (χ1n) is 4.95. The predicted molar refractivity (Wildman–Crippen MR) is 51.3 cm³/mol. The Balaban J connectivity index is 2.48. The molecular weight excluding hydrogens is 150 g/mol. The monoisotopic (exact) mass is 171 g/mol. The van der Waals surface area contributed by atoms with E-state index < -0.39 is 0 Å². The summed E-state index contributed by atoms with van der Waals surface area (Å²) in [7, 11) is 2.08. The van der Waals surface area contributed by atoms with Crippen LogP contribution in [-0.4, -0.2) is 25.8 Å². The minimum atomic E-state index is 0.367. The summed E-state index contributed by atoms with van der Waals surface area (Å²) in [5, 5.41) is 3.47. The standard InChI is InChI=1S/C10H21NO/c1-9(2)8-10(11-3)4-6-12-7-5-10/h9,11H,4-8H2,1-3H3. The second kappa shape index (κ2) is 4.24. The van der Waals surface area contributed by atoms with Gasteiger partial charge in [-0.15, -0.1) is 0 Å². The number of hydrogen-bond acceptors (Lipinski definition) is 2. The molecule has 0 aliphatic carbocycles. The third-order valence-electron chi connectivity index (χ3n) is 2.78. The summed E-state index contributed by atoms with van der Waals surface area (Å²) in [5.74, 6) is 0.774. The number of ether oxygens (including phenoxy) is 1. The average Bonchev–Trinajstić information content (AvgIpc) is 2.05. The molecule has 72 valence electrons. The SMILES string of the molecule is CNC1(CC(C)C)CCOCC1. The molecule has 1 aliphatic rings. The Morgan fingerprint density at radius 2 is 1.92 bits per heavy atom. The molecule has 2 nitrogen and oxygen atoms in total. The van der Waals surface area contributed by atoms with Gasteiger partial charge in [-0.1, -0.05) is 13.8 Å². The number of nitrogens with one attached hydrogen (secondary N) is 1. The summed E-state index contributed by atoms with van der Waals surface area (Å²) in [5.41, 5.74) is 0.367. The molecule has 0 unspecified atom stereocenters. The molecule has 1 fully saturated rings. The van der Waals surface area contributed by atoms with Crippen molar-refractivity contribution >= 4 is 0 Å². The summed E-state index contributed by atoms with van der Waals surface area (Å²) in [4.78, 5) is 0. The highest BCUT2D eigenvalue weighted by Crippen LogP contribution is 2.27. The highest BCUT2D eigenvalue weighted by atomic mass is 16.5. The lowest BCUT2D eigenvalue weighted by molar-refractivity contribution is 0.0329. The zero-order chi connectivity index (χ0) is 9.03. The fourth-order valence-corrected chi connectivity index (χ4v) is 2.10. The van der Waals surface area contributed by atoms with Crippen LogP contribution in [0.1, 0.15) is 33.1 Å². The van der Waals surface area contributed by atoms with Crippen LogP contribution in [0.3, 0.4) is 0 Å². The molecule has 0 bridgehead atoms. The Kier molecular flexibility index (Phi) is 3.53. The Morgan fingerprint density at radius 1 is 1.33 bits per heavy atom.